The van der Waals surface area contributed by atoms with Gasteiger partial charge in [-0.25, -0.2) is 0 Å². The third-order valence-corrected chi connectivity index (χ3v) is 4.61. The first-order valence-electron chi connectivity index (χ1n) is 7.09. The standard InChI is InChI=1S/C13H23N3O/c17-13(11-3-1-2-6-14-11)15-12-9-16-7-4-10(12)5-8-16/h10-12,14H,1-9H2,(H,15,17)/t11-,12?/m0/s1. The fraction of sp³-hybridized carbons (Fsp3) is 0.923. The van der Waals surface area contributed by atoms with Crippen molar-refractivity contribution in [1.29, 1.82) is 0 Å². The van der Waals surface area contributed by atoms with E-state index >= 15 is 0 Å². The van der Waals surface area contributed by atoms with Crippen LogP contribution in [-0.4, -0.2) is 49.1 Å². The van der Waals surface area contributed by atoms with E-state index in [-0.39, 0.29) is 11.9 Å². The fourth-order valence-corrected chi connectivity index (χ4v) is 3.49. The summed E-state index contributed by atoms with van der Waals surface area (Å²) in [7, 11) is 0. The Balaban J connectivity index is 1.54. The lowest BCUT2D eigenvalue weighted by Gasteiger charge is -2.45. The zero-order valence-corrected chi connectivity index (χ0v) is 10.5. The van der Waals surface area contributed by atoms with Crippen LogP contribution < -0.4 is 10.6 Å². The molecule has 1 unspecified atom stereocenters. The van der Waals surface area contributed by atoms with Crippen LogP contribution in [0.15, 0.2) is 0 Å². The van der Waals surface area contributed by atoms with Crippen molar-refractivity contribution >= 4 is 5.91 Å². The molecule has 0 aromatic rings. The predicted octanol–water partition coefficient (Wildman–Crippen LogP) is 0.339. The van der Waals surface area contributed by atoms with Gasteiger partial charge in [0, 0.05) is 12.6 Å². The van der Waals surface area contributed by atoms with Crippen LogP contribution >= 0.6 is 0 Å². The number of carbonyl (C=O) groups is 1. The zero-order valence-electron chi connectivity index (χ0n) is 10.5. The molecule has 4 heteroatoms. The molecule has 4 rings (SSSR count). The molecule has 2 N–H and O–H groups in total. The highest BCUT2D eigenvalue weighted by atomic mass is 16.2. The van der Waals surface area contributed by atoms with Gasteiger partial charge in [0.25, 0.3) is 0 Å². The second-order valence-corrected chi connectivity index (χ2v) is 5.76. The fourth-order valence-electron chi connectivity index (χ4n) is 3.49. The molecule has 2 atom stereocenters. The number of hydrogen-bond acceptors (Lipinski definition) is 3. The molecule has 0 aliphatic carbocycles. The van der Waals surface area contributed by atoms with E-state index in [0.717, 1.165) is 25.4 Å². The minimum absolute atomic E-state index is 0.0687. The van der Waals surface area contributed by atoms with Crippen molar-refractivity contribution in [2.75, 3.05) is 26.2 Å². The average molecular weight is 237 g/mol. The van der Waals surface area contributed by atoms with Crippen LogP contribution in [0.3, 0.4) is 0 Å². The van der Waals surface area contributed by atoms with Gasteiger partial charge in [-0.3, -0.25) is 4.79 Å². The molecule has 4 aliphatic rings. The molecule has 4 heterocycles. The van der Waals surface area contributed by atoms with Gasteiger partial charge in [0.2, 0.25) is 5.91 Å². The number of nitrogens with one attached hydrogen (secondary N) is 2. The molecule has 4 saturated heterocycles. The molecule has 4 nitrogen and oxygen atoms in total. The first kappa shape index (κ1) is 11.5. The van der Waals surface area contributed by atoms with E-state index in [1.807, 2.05) is 0 Å². The lowest BCUT2D eigenvalue weighted by atomic mass is 9.84. The number of carbonyl (C=O) groups excluding carboxylic acids is 1. The highest BCUT2D eigenvalue weighted by molar-refractivity contribution is 5.82. The average Bonchev–Trinajstić information content (AvgIpc) is 2.41. The van der Waals surface area contributed by atoms with Gasteiger partial charge in [-0.05, 0) is 51.2 Å². The van der Waals surface area contributed by atoms with Crippen LogP contribution in [-0.2, 0) is 4.79 Å². The molecule has 0 aromatic carbocycles. The van der Waals surface area contributed by atoms with Crippen LogP contribution in [0.4, 0.5) is 0 Å². The van der Waals surface area contributed by atoms with Crippen LogP contribution in [0, 0.1) is 5.92 Å². The summed E-state index contributed by atoms with van der Waals surface area (Å²) >= 11 is 0. The quantitative estimate of drug-likeness (QED) is 0.728. The molecule has 0 radical (unpaired) electrons. The van der Waals surface area contributed by atoms with Crippen molar-refractivity contribution in [3.63, 3.8) is 0 Å². The summed E-state index contributed by atoms with van der Waals surface area (Å²) < 4.78 is 0. The topological polar surface area (TPSA) is 44.4 Å². The van der Waals surface area contributed by atoms with Gasteiger partial charge >= 0.3 is 0 Å². The molecular formula is C13H23N3O. The lowest BCUT2D eigenvalue weighted by Crippen LogP contribution is -2.60. The molecule has 96 valence electrons. The molecule has 0 aromatic heterocycles. The van der Waals surface area contributed by atoms with Gasteiger partial charge < -0.3 is 15.5 Å². The highest BCUT2D eigenvalue weighted by Gasteiger charge is 2.35. The van der Waals surface area contributed by atoms with E-state index in [1.165, 1.54) is 38.8 Å². The summed E-state index contributed by atoms with van der Waals surface area (Å²) in [6.45, 7) is 4.54. The van der Waals surface area contributed by atoms with Crippen LogP contribution in [0.1, 0.15) is 32.1 Å². The summed E-state index contributed by atoms with van der Waals surface area (Å²) in [5, 5.41) is 6.60. The molecule has 4 aliphatic heterocycles. The van der Waals surface area contributed by atoms with Gasteiger partial charge in [0.15, 0.2) is 0 Å². The van der Waals surface area contributed by atoms with E-state index in [2.05, 4.69) is 15.5 Å². The van der Waals surface area contributed by atoms with Crippen molar-refractivity contribution < 1.29 is 4.79 Å². The number of nitrogens with zero attached hydrogens (tertiary/aromatic N) is 1. The first-order valence-corrected chi connectivity index (χ1v) is 7.09. The molecule has 1 amide bonds. The largest absolute Gasteiger partial charge is 0.350 e. The van der Waals surface area contributed by atoms with E-state index in [1.54, 1.807) is 0 Å². The second-order valence-electron chi connectivity index (χ2n) is 5.76. The van der Waals surface area contributed by atoms with Crippen molar-refractivity contribution in [3.8, 4) is 0 Å². The predicted molar refractivity (Wildman–Crippen MR) is 66.7 cm³/mol. The zero-order chi connectivity index (χ0) is 11.7. The Morgan fingerprint density at radius 1 is 1.18 bits per heavy atom. The van der Waals surface area contributed by atoms with Crippen LogP contribution in [0.2, 0.25) is 0 Å². The number of amides is 1. The Kier molecular flexibility index (Phi) is 3.34. The van der Waals surface area contributed by atoms with Gasteiger partial charge in [0.05, 0.1) is 6.04 Å². The number of piperidine rings is 4. The molecule has 17 heavy (non-hydrogen) atoms. The first-order chi connectivity index (χ1) is 8.33. The van der Waals surface area contributed by atoms with Crippen molar-refractivity contribution in [1.82, 2.24) is 15.5 Å². The monoisotopic (exact) mass is 237 g/mol. The van der Waals surface area contributed by atoms with Crippen molar-refractivity contribution in [2.24, 2.45) is 5.92 Å². The van der Waals surface area contributed by atoms with E-state index in [9.17, 15) is 4.79 Å². The number of rotatable bonds is 2. The Morgan fingerprint density at radius 3 is 2.59 bits per heavy atom. The summed E-state index contributed by atoms with van der Waals surface area (Å²) in [5.41, 5.74) is 0. The Hall–Kier alpha value is -0.610. The highest BCUT2D eigenvalue weighted by Crippen LogP contribution is 2.27. The minimum atomic E-state index is 0.0687. The summed E-state index contributed by atoms with van der Waals surface area (Å²) in [6, 6.07) is 0.480. The smallest absolute Gasteiger partial charge is 0.237 e. The van der Waals surface area contributed by atoms with Crippen molar-refractivity contribution in [2.45, 2.75) is 44.2 Å². The van der Waals surface area contributed by atoms with Crippen LogP contribution in [0.5, 0.6) is 0 Å². The van der Waals surface area contributed by atoms with E-state index in [0.29, 0.717) is 6.04 Å². The number of hydrogen-bond donors (Lipinski definition) is 2. The third-order valence-electron chi connectivity index (χ3n) is 4.61. The Labute approximate surface area is 103 Å². The van der Waals surface area contributed by atoms with E-state index in [4.69, 9.17) is 0 Å². The maximum atomic E-state index is 12.2. The molecule has 0 spiro atoms. The van der Waals surface area contributed by atoms with E-state index < -0.39 is 0 Å². The SMILES string of the molecule is O=C(NC1CN2CCC1CC2)[C@@H]1CCCCN1. The second kappa shape index (κ2) is 4.94. The summed E-state index contributed by atoms with van der Waals surface area (Å²) in [6.07, 6.45) is 5.94. The van der Waals surface area contributed by atoms with Crippen LogP contribution in [0.25, 0.3) is 0 Å². The Bertz CT molecular complexity index is 280. The summed E-state index contributed by atoms with van der Waals surface area (Å²) in [4.78, 5) is 14.6. The lowest BCUT2D eigenvalue weighted by molar-refractivity contribution is -0.125. The normalized spacial score (nSPS) is 41.2. The maximum absolute atomic E-state index is 12.2. The van der Waals surface area contributed by atoms with Crippen molar-refractivity contribution in [3.05, 3.63) is 0 Å². The summed E-state index contributed by atoms with van der Waals surface area (Å²) in [5.74, 6) is 0.969. The van der Waals surface area contributed by atoms with Gasteiger partial charge in [-0.2, -0.15) is 0 Å². The number of fused-ring (bicyclic) bond motifs is 3. The van der Waals surface area contributed by atoms with Gasteiger partial charge in [-0.15, -0.1) is 0 Å². The minimum Gasteiger partial charge on any atom is -0.350 e. The van der Waals surface area contributed by atoms with Gasteiger partial charge in [-0.1, -0.05) is 6.42 Å². The molecule has 2 bridgehead atoms. The maximum Gasteiger partial charge on any atom is 0.237 e. The molecular weight excluding hydrogens is 214 g/mol. The molecule has 0 saturated carbocycles. The third kappa shape index (κ3) is 2.47. The molecule has 4 fully saturated rings. The Morgan fingerprint density at radius 2 is 2.00 bits per heavy atom. The van der Waals surface area contributed by atoms with Gasteiger partial charge in [0.1, 0.15) is 0 Å².